The molecule has 0 aliphatic rings. The molecule has 0 atom stereocenters. The third-order valence-corrected chi connectivity index (χ3v) is 4.02. The van der Waals surface area contributed by atoms with Crippen LogP contribution in [-0.4, -0.2) is 22.0 Å². The van der Waals surface area contributed by atoms with Crippen molar-refractivity contribution in [3.05, 3.63) is 64.9 Å². The van der Waals surface area contributed by atoms with Gasteiger partial charge in [-0.15, -0.1) is 0 Å². The molecule has 2 aromatic carbocycles. The quantitative estimate of drug-likeness (QED) is 0.708. The number of aryl methyl sites for hydroxylation is 1. The molecule has 3 aromatic rings. The standard InChI is InChI=1S/C17H16BrN3O/c18-14-8-6-13(7-9-14)17(22)19-10-3-11-21-12-20-15-4-1-2-5-16(15)21/h1-2,4-9,12H,3,10-11H2,(H,19,22). The smallest absolute Gasteiger partial charge is 0.251 e. The molecular weight excluding hydrogens is 342 g/mol. The van der Waals surface area contributed by atoms with E-state index in [1.807, 2.05) is 48.8 Å². The van der Waals surface area contributed by atoms with Gasteiger partial charge in [0.1, 0.15) is 0 Å². The number of nitrogens with zero attached hydrogens (tertiary/aromatic N) is 2. The molecule has 0 saturated carbocycles. The summed E-state index contributed by atoms with van der Waals surface area (Å²) in [7, 11) is 0. The highest BCUT2D eigenvalue weighted by Crippen LogP contribution is 2.12. The molecule has 0 aliphatic carbocycles. The number of para-hydroxylation sites is 2. The number of nitrogens with one attached hydrogen (secondary N) is 1. The van der Waals surface area contributed by atoms with Crippen molar-refractivity contribution in [3.63, 3.8) is 0 Å². The van der Waals surface area contributed by atoms with Gasteiger partial charge in [0.05, 0.1) is 17.4 Å². The summed E-state index contributed by atoms with van der Waals surface area (Å²) in [5.74, 6) is -0.0389. The first-order chi connectivity index (χ1) is 10.7. The van der Waals surface area contributed by atoms with Crippen molar-refractivity contribution in [3.8, 4) is 0 Å². The van der Waals surface area contributed by atoms with Gasteiger partial charge in [-0.3, -0.25) is 4.79 Å². The molecule has 0 aliphatic heterocycles. The Hall–Kier alpha value is -2.14. The molecule has 5 heteroatoms. The van der Waals surface area contributed by atoms with Gasteiger partial charge in [-0.05, 0) is 42.8 Å². The monoisotopic (exact) mass is 357 g/mol. The molecule has 0 saturated heterocycles. The van der Waals surface area contributed by atoms with Gasteiger partial charge < -0.3 is 9.88 Å². The van der Waals surface area contributed by atoms with Crippen LogP contribution in [0.4, 0.5) is 0 Å². The van der Waals surface area contributed by atoms with Crippen LogP contribution in [0.2, 0.25) is 0 Å². The Morgan fingerprint density at radius 3 is 2.73 bits per heavy atom. The Balaban J connectivity index is 1.51. The van der Waals surface area contributed by atoms with Crippen LogP contribution < -0.4 is 5.32 Å². The summed E-state index contributed by atoms with van der Waals surface area (Å²) >= 11 is 3.36. The zero-order valence-corrected chi connectivity index (χ0v) is 13.6. The van der Waals surface area contributed by atoms with E-state index >= 15 is 0 Å². The maximum absolute atomic E-state index is 12.0. The minimum absolute atomic E-state index is 0.0389. The highest BCUT2D eigenvalue weighted by molar-refractivity contribution is 9.10. The van der Waals surface area contributed by atoms with Gasteiger partial charge in [-0.2, -0.15) is 0 Å². The molecule has 1 amide bonds. The summed E-state index contributed by atoms with van der Waals surface area (Å²) in [6.45, 7) is 1.47. The van der Waals surface area contributed by atoms with Gasteiger partial charge in [0, 0.05) is 23.1 Å². The number of fused-ring (bicyclic) bond motifs is 1. The SMILES string of the molecule is O=C(NCCCn1cnc2ccccc21)c1ccc(Br)cc1. The lowest BCUT2D eigenvalue weighted by Crippen LogP contribution is -2.25. The van der Waals surface area contributed by atoms with Gasteiger partial charge >= 0.3 is 0 Å². The van der Waals surface area contributed by atoms with E-state index < -0.39 is 0 Å². The lowest BCUT2D eigenvalue weighted by molar-refractivity contribution is 0.0953. The van der Waals surface area contributed by atoms with E-state index in [4.69, 9.17) is 0 Å². The second kappa shape index (κ2) is 6.75. The first-order valence-electron chi connectivity index (χ1n) is 7.18. The van der Waals surface area contributed by atoms with Crippen LogP contribution in [0.3, 0.4) is 0 Å². The lowest BCUT2D eigenvalue weighted by atomic mass is 10.2. The first kappa shape index (κ1) is 14.8. The second-order valence-corrected chi connectivity index (χ2v) is 5.96. The Bertz CT molecular complexity index is 780. The largest absolute Gasteiger partial charge is 0.352 e. The fourth-order valence-electron chi connectivity index (χ4n) is 2.34. The highest BCUT2D eigenvalue weighted by atomic mass is 79.9. The van der Waals surface area contributed by atoms with Crippen molar-refractivity contribution < 1.29 is 4.79 Å². The molecule has 1 heterocycles. The maximum atomic E-state index is 12.0. The Kier molecular flexibility index (Phi) is 4.53. The average Bonchev–Trinajstić information content (AvgIpc) is 2.95. The van der Waals surface area contributed by atoms with E-state index in [1.165, 1.54) is 0 Å². The summed E-state index contributed by atoms with van der Waals surface area (Å²) < 4.78 is 3.08. The number of hydrogen-bond donors (Lipinski definition) is 1. The first-order valence-corrected chi connectivity index (χ1v) is 7.97. The molecule has 1 aromatic heterocycles. The number of rotatable bonds is 5. The number of aromatic nitrogens is 2. The van der Waals surface area contributed by atoms with E-state index in [-0.39, 0.29) is 5.91 Å². The normalized spacial score (nSPS) is 10.8. The van der Waals surface area contributed by atoms with Crippen LogP contribution >= 0.6 is 15.9 Å². The Morgan fingerprint density at radius 2 is 1.91 bits per heavy atom. The Morgan fingerprint density at radius 1 is 1.14 bits per heavy atom. The fraction of sp³-hybridized carbons (Fsp3) is 0.176. The van der Waals surface area contributed by atoms with E-state index in [1.54, 1.807) is 0 Å². The van der Waals surface area contributed by atoms with Crippen molar-refractivity contribution in [2.24, 2.45) is 0 Å². The number of imidazole rings is 1. The molecule has 0 radical (unpaired) electrons. The molecule has 0 spiro atoms. The second-order valence-electron chi connectivity index (χ2n) is 5.04. The van der Waals surface area contributed by atoms with Crippen LogP contribution in [0.25, 0.3) is 11.0 Å². The predicted octanol–water partition coefficient (Wildman–Crippen LogP) is 3.62. The molecule has 3 rings (SSSR count). The summed E-state index contributed by atoms with van der Waals surface area (Å²) in [5, 5.41) is 2.94. The summed E-state index contributed by atoms with van der Waals surface area (Å²) in [6, 6.07) is 15.4. The Labute approximate surface area is 137 Å². The van der Waals surface area contributed by atoms with Crippen LogP contribution in [0, 0.1) is 0 Å². The van der Waals surface area contributed by atoms with Gasteiger partial charge in [0.2, 0.25) is 0 Å². The van der Waals surface area contributed by atoms with Gasteiger partial charge in [-0.1, -0.05) is 28.1 Å². The molecule has 4 nitrogen and oxygen atoms in total. The van der Waals surface area contributed by atoms with Crippen molar-refractivity contribution in [1.82, 2.24) is 14.9 Å². The van der Waals surface area contributed by atoms with Crippen molar-refractivity contribution in [2.75, 3.05) is 6.54 Å². The summed E-state index contributed by atoms with van der Waals surface area (Å²) in [4.78, 5) is 16.3. The van der Waals surface area contributed by atoms with Crippen molar-refractivity contribution in [2.45, 2.75) is 13.0 Å². The average molecular weight is 358 g/mol. The van der Waals surface area contributed by atoms with E-state index in [0.717, 1.165) is 28.5 Å². The lowest BCUT2D eigenvalue weighted by Gasteiger charge is -2.07. The number of amides is 1. The number of benzene rings is 2. The van der Waals surface area contributed by atoms with Gasteiger partial charge in [0.15, 0.2) is 0 Å². The number of hydrogen-bond acceptors (Lipinski definition) is 2. The maximum Gasteiger partial charge on any atom is 0.251 e. The molecule has 0 unspecified atom stereocenters. The van der Waals surface area contributed by atoms with Crippen molar-refractivity contribution >= 4 is 32.9 Å². The van der Waals surface area contributed by atoms with Gasteiger partial charge in [-0.25, -0.2) is 4.98 Å². The zero-order valence-electron chi connectivity index (χ0n) is 12.0. The minimum atomic E-state index is -0.0389. The molecule has 1 N–H and O–H groups in total. The van der Waals surface area contributed by atoms with E-state index in [0.29, 0.717) is 12.1 Å². The van der Waals surface area contributed by atoms with E-state index in [9.17, 15) is 4.79 Å². The minimum Gasteiger partial charge on any atom is -0.352 e. The topological polar surface area (TPSA) is 46.9 Å². The summed E-state index contributed by atoms with van der Waals surface area (Å²) in [5.41, 5.74) is 2.81. The number of carbonyl (C=O) groups excluding carboxylic acids is 1. The molecule has 0 bridgehead atoms. The summed E-state index contributed by atoms with van der Waals surface area (Å²) in [6.07, 6.45) is 2.71. The number of halogens is 1. The molecule has 22 heavy (non-hydrogen) atoms. The highest BCUT2D eigenvalue weighted by Gasteiger charge is 2.05. The van der Waals surface area contributed by atoms with Crippen LogP contribution in [0.15, 0.2) is 59.3 Å². The fourth-order valence-corrected chi connectivity index (χ4v) is 2.61. The van der Waals surface area contributed by atoms with Crippen LogP contribution in [0.5, 0.6) is 0 Å². The van der Waals surface area contributed by atoms with Crippen LogP contribution in [-0.2, 0) is 6.54 Å². The number of carbonyl (C=O) groups is 1. The van der Waals surface area contributed by atoms with E-state index in [2.05, 4.69) is 36.9 Å². The third kappa shape index (κ3) is 3.36. The van der Waals surface area contributed by atoms with Gasteiger partial charge in [0.25, 0.3) is 5.91 Å². The van der Waals surface area contributed by atoms with Crippen LogP contribution in [0.1, 0.15) is 16.8 Å². The molecular formula is C17H16BrN3O. The van der Waals surface area contributed by atoms with Crippen molar-refractivity contribution in [1.29, 1.82) is 0 Å². The molecule has 0 fully saturated rings. The molecule has 112 valence electrons. The predicted molar refractivity (Wildman–Crippen MR) is 90.8 cm³/mol. The third-order valence-electron chi connectivity index (χ3n) is 3.50. The zero-order chi connectivity index (χ0) is 15.4.